The Morgan fingerprint density at radius 1 is 1.14 bits per heavy atom. The highest BCUT2D eigenvalue weighted by atomic mass is 16.3. The van der Waals surface area contributed by atoms with Crippen molar-refractivity contribution in [2.75, 3.05) is 13.1 Å². The largest absolute Gasteiger partial charge is 0.508 e. The van der Waals surface area contributed by atoms with Gasteiger partial charge in [-0.25, -0.2) is 0 Å². The van der Waals surface area contributed by atoms with E-state index >= 15 is 0 Å². The molecule has 0 radical (unpaired) electrons. The predicted molar refractivity (Wildman–Crippen MR) is 95.4 cm³/mol. The molecule has 0 spiro atoms. The van der Waals surface area contributed by atoms with Crippen LogP contribution in [0.25, 0.3) is 11.8 Å². The van der Waals surface area contributed by atoms with E-state index in [1.165, 1.54) is 12.8 Å². The number of rotatable bonds is 3. The first-order valence-corrected chi connectivity index (χ1v) is 8.12. The zero-order valence-electron chi connectivity index (χ0n) is 14.3. The summed E-state index contributed by atoms with van der Waals surface area (Å²) in [6.07, 6.45) is 6.52. The lowest BCUT2D eigenvalue weighted by atomic mass is 10.0. The molecule has 0 amide bonds. The Hall–Kier alpha value is -1.70. The molecule has 1 aliphatic heterocycles. The molecule has 1 N–H and O–H groups in total. The van der Waals surface area contributed by atoms with Gasteiger partial charge in [-0.3, -0.25) is 0 Å². The van der Waals surface area contributed by atoms with Crippen LogP contribution in [0, 0.1) is 0 Å². The third kappa shape index (κ3) is 5.66. The van der Waals surface area contributed by atoms with Crippen molar-refractivity contribution in [2.24, 2.45) is 0 Å². The first-order valence-electron chi connectivity index (χ1n) is 8.12. The molecular formula is C19H31NO. The van der Waals surface area contributed by atoms with Crippen LogP contribution in [0.5, 0.6) is 5.75 Å². The SMILES string of the molecule is C=C(c1cc(O)ccc1/C=C\C)N1CCCC1.CC.CC. The standard InChI is InChI=1S/C15H19NO.2C2H6/c1-3-6-13-7-8-14(17)11-15(13)12(2)16-9-4-5-10-16;2*1-2/h3,6-8,11,17H,2,4-5,9-10H2,1H3;2*1-2H3/b6-3-;;. The summed E-state index contributed by atoms with van der Waals surface area (Å²) in [7, 11) is 0. The number of hydrogen-bond acceptors (Lipinski definition) is 2. The zero-order valence-corrected chi connectivity index (χ0v) is 14.3. The summed E-state index contributed by atoms with van der Waals surface area (Å²) in [5.41, 5.74) is 3.17. The molecule has 21 heavy (non-hydrogen) atoms. The topological polar surface area (TPSA) is 23.5 Å². The van der Waals surface area contributed by atoms with Gasteiger partial charge in [0.05, 0.1) is 0 Å². The van der Waals surface area contributed by atoms with Crippen LogP contribution >= 0.6 is 0 Å². The van der Waals surface area contributed by atoms with Gasteiger partial charge in [-0.15, -0.1) is 0 Å². The second-order valence-corrected chi connectivity index (χ2v) is 4.41. The minimum Gasteiger partial charge on any atom is -0.508 e. The highest BCUT2D eigenvalue weighted by molar-refractivity contribution is 5.73. The Morgan fingerprint density at radius 2 is 1.71 bits per heavy atom. The highest BCUT2D eigenvalue weighted by Crippen LogP contribution is 2.28. The first-order chi connectivity index (χ1) is 10.2. The molecule has 2 rings (SSSR count). The van der Waals surface area contributed by atoms with Gasteiger partial charge in [0.25, 0.3) is 0 Å². The number of likely N-dealkylation sites (tertiary alicyclic amines) is 1. The maximum atomic E-state index is 9.61. The second-order valence-electron chi connectivity index (χ2n) is 4.41. The molecule has 2 heteroatoms. The first kappa shape index (κ1) is 19.3. The van der Waals surface area contributed by atoms with E-state index in [-0.39, 0.29) is 0 Å². The molecule has 0 atom stereocenters. The zero-order chi connectivity index (χ0) is 16.3. The average molecular weight is 289 g/mol. The Kier molecular flexibility index (Phi) is 10.1. The molecule has 1 fully saturated rings. The fraction of sp³-hybridized carbons (Fsp3) is 0.474. The Labute approximate surface area is 130 Å². The Morgan fingerprint density at radius 3 is 2.24 bits per heavy atom. The summed E-state index contributed by atoms with van der Waals surface area (Å²) < 4.78 is 0. The summed E-state index contributed by atoms with van der Waals surface area (Å²) in [6, 6.07) is 5.46. The van der Waals surface area contributed by atoms with Crippen molar-refractivity contribution in [3.8, 4) is 5.75 Å². The lowest BCUT2D eigenvalue weighted by Gasteiger charge is -2.22. The van der Waals surface area contributed by atoms with E-state index in [0.29, 0.717) is 5.75 Å². The maximum Gasteiger partial charge on any atom is 0.116 e. The van der Waals surface area contributed by atoms with Gasteiger partial charge in [-0.1, -0.05) is 52.5 Å². The van der Waals surface area contributed by atoms with Crippen LogP contribution in [0.4, 0.5) is 0 Å². The molecular weight excluding hydrogens is 258 g/mol. The molecule has 1 saturated heterocycles. The van der Waals surface area contributed by atoms with E-state index in [1.807, 2.05) is 46.8 Å². The summed E-state index contributed by atoms with van der Waals surface area (Å²) in [5.74, 6) is 0.300. The summed E-state index contributed by atoms with van der Waals surface area (Å²) >= 11 is 0. The smallest absolute Gasteiger partial charge is 0.116 e. The predicted octanol–water partition coefficient (Wildman–Crippen LogP) is 5.54. The highest BCUT2D eigenvalue weighted by Gasteiger charge is 2.16. The minimum absolute atomic E-state index is 0.300. The third-order valence-corrected chi connectivity index (χ3v) is 3.18. The van der Waals surface area contributed by atoms with Crippen molar-refractivity contribution < 1.29 is 5.11 Å². The van der Waals surface area contributed by atoms with Crippen LogP contribution in [-0.2, 0) is 0 Å². The van der Waals surface area contributed by atoms with Gasteiger partial charge in [0.15, 0.2) is 0 Å². The molecule has 0 unspecified atom stereocenters. The number of hydrogen-bond donors (Lipinski definition) is 1. The fourth-order valence-corrected chi connectivity index (χ4v) is 2.28. The van der Waals surface area contributed by atoms with Crippen molar-refractivity contribution in [1.29, 1.82) is 0 Å². The number of phenolic OH excluding ortho intramolecular Hbond substituents is 1. The number of allylic oxidation sites excluding steroid dienone is 1. The van der Waals surface area contributed by atoms with E-state index in [2.05, 4.69) is 17.6 Å². The number of benzene rings is 1. The third-order valence-electron chi connectivity index (χ3n) is 3.18. The van der Waals surface area contributed by atoms with Crippen molar-refractivity contribution in [3.05, 3.63) is 42.0 Å². The van der Waals surface area contributed by atoms with Crippen LogP contribution in [0.2, 0.25) is 0 Å². The van der Waals surface area contributed by atoms with E-state index in [1.54, 1.807) is 12.1 Å². The summed E-state index contributed by atoms with van der Waals surface area (Å²) in [6.45, 7) is 16.3. The minimum atomic E-state index is 0.300. The van der Waals surface area contributed by atoms with Crippen LogP contribution in [-0.4, -0.2) is 23.1 Å². The number of nitrogens with zero attached hydrogens (tertiary/aromatic N) is 1. The van der Waals surface area contributed by atoms with Crippen molar-refractivity contribution in [2.45, 2.75) is 47.5 Å². The van der Waals surface area contributed by atoms with E-state index in [4.69, 9.17) is 0 Å². The van der Waals surface area contributed by atoms with Crippen LogP contribution in [0.1, 0.15) is 58.6 Å². The molecule has 1 heterocycles. The van der Waals surface area contributed by atoms with E-state index in [0.717, 1.165) is 29.9 Å². The van der Waals surface area contributed by atoms with Crippen molar-refractivity contribution in [3.63, 3.8) is 0 Å². The fourth-order valence-electron chi connectivity index (χ4n) is 2.28. The van der Waals surface area contributed by atoms with Gasteiger partial charge in [-0.05, 0) is 37.5 Å². The van der Waals surface area contributed by atoms with Crippen molar-refractivity contribution >= 4 is 11.8 Å². The van der Waals surface area contributed by atoms with Crippen molar-refractivity contribution in [1.82, 2.24) is 4.90 Å². The van der Waals surface area contributed by atoms with E-state index < -0.39 is 0 Å². The Bertz CT molecular complexity index is 443. The summed E-state index contributed by atoms with van der Waals surface area (Å²) in [5, 5.41) is 9.61. The Balaban J connectivity index is 0.000000921. The lowest BCUT2D eigenvalue weighted by Crippen LogP contribution is -2.17. The molecule has 118 valence electrons. The van der Waals surface area contributed by atoms with Gasteiger partial charge >= 0.3 is 0 Å². The molecule has 2 nitrogen and oxygen atoms in total. The normalized spacial score (nSPS) is 13.3. The average Bonchev–Trinajstić information content (AvgIpc) is 3.07. The number of aromatic hydroxyl groups is 1. The molecule has 0 aromatic heterocycles. The molecule has 0 bridgehead atoms. The van der Waals surface area contributed by atoms with Crippen LogP contribution < -0.4 is 0 Å². The van der Waals surface area contributed by atoms with Gasteiger partial charge in [-0.2, -0.15) is 0 Å². The monoisotopic (exact) mass is 289 g/mol. The number of phenols is 1. The maximum absolute atomic E-state index is 9.61. The van der Waals surface area contributed by atoms with E-state index in [9.17, 15) is 5.11 Å². The van der Waals surface area contributed by atoms with Crippen LogP contribution in [0.15, 0.2) is 30.9 Å². The van der Waals surface area contributed by atoms with Gasteiger partial charge in [0.1, 0.15) is 5.75 Å². The van der Waals surface area contributed by atoms with Gasteiger partial charge in [0, 0.05) is 24.4 Å². The molecule has 0 saturated carbocycles. The molecule has 0 aliphatic carbocycles. The molecule has 1 aliphatic rings. The second kappa shape index (κ2) is 11.0. The summed E-state index contributed by atoms with van der Waals surface area (Å²) in [4.78, 5) is 2.29. The quantitative estimate of drug-likeness (QED) is 0.789. The van der Waals surface area contributed by atoms with Gasteiger partial charge in [0.2, 0.25) is 0 Å². The molecule has 1 aromatic rings. The van der Waals surface area contributed by atoms with Crippen LogP contribution in [0.3, 0.4) is 0 Å². The van der Waals surface area contributed by atoms with Gasteiger partial charge < -0.3 is 10.0 Å². The lowest BCUT2D eigenvalue weighted by molar-refractivity contribution is 0.472. The molecule has 1 aromatic carbocycles.